The predicted octanol–water partition coefficient (Wildman–Crippen LogP) is 1.88. The molecule has 2 rings (SSSR count). The van der Waals surface area contributed by atoms with Gasteiger partial charge in [-0.15, -0.1) is 0 Å². The molecule has 0 spiro atoms. The summed E-state index contributed by atoms with van der Waals surface area (Å²) in [5.74, 6) is -0.555. The normalized spacial score (nSPS) is 12.3. The van der Waals surface area contributed by atoms with Gasteiger partial charge in [-0.2, -0.15) is 5.10 Å². The second-order valence-corrected chi connectivity index (χ2v) is 4.61. The molecule has 0 saturated heterocycles. The summed E-state index contributed by atoms with van der Waals surface area (Å²) < 4.78 is 0. The fourth-order valence-corrected chi connectivity index (χ4v) is 1.78. The molecule has 0 aliphatic rings. The molecule has 0 fully saturated rings. The Morgan fingerprint density at radius 1 is 1.24 bits per heavy atom. The van der Waals surface area contributed by atoms with Crippen LogP contribution in [0, 0.1) is 6.92 Å². The Labute approximate surface area is 122 Å². The van der Waals surface area contributed by atoms with Crippen LogP contribution >= 0.6 is 0 Å². The number of carbonyl (C=O) groups is 1. The van der Waals surface area contributed by atoms with Gasteiger partial charge in [-0.3, -0.25) is 4.79 Å². The monoisotopic (exact) mass is 284 g/mol. The highest BCUT2D eigenvalue weighted by Gasteiger charge is 2.15. The zero-order valence-electron chi connectivity index (χ0n) is 11.5. The highest BCUT2D eigenvalue weighted by molar-refractivity contribution is 5.86. The lowest BCUT2D eigenvalue weighted by molar-refractivity contribution is -0.129. The molecule has 0 aromatic heterocycles. The van der Waals surface area contributed by atoms with Crippen LogP contribution < -0.4 is 5.43 Å². The van der Waals surface area contributed by atoms with E-state index < -0.39 is 12.0 Å². The number of phenols is 1. The fourth-order valence-electron chi connectivity index (χ4n) is 1.78. The number of phenolic OH excluding ortho intramolecular Hbond substituents is 1. The van der Waals surface area contributed by atoms with Crippen molar-refractivity contribution in [2.75, 3.05) is 0 Å². The number of aliphatic hydroxyl groups excluding tert-OH is 1. The fraction of sp³-hybridized carbons (Fsp3) is 0.125. The first-order chi connectivity index (χ1) is 10.1. The first kappa shape index (κ1) is 14.7. The third kappa shape index (κ3) is 3.90. The molecule has 2 aromatic carbocycles. The van der Waals surface area contributed by atoms with Crippen LogP contribution in [0.4, 0.5) is 0 Å². The molecular weight excluding hydrogens is 268 g/mol. The van der Waals surface area contributed by atoms with Crippen molar-refractivity contribution in [1.82, 2.24) is 5.43 Å². The molecule has 0 aliphatic heterocycles. The number of amides is 1. The van der Waals surface area contributed by atoms with Crippen molar-refractivity contribution < 1.29 is 15.0 Å². The van der Waals surface area contributed by atoms with Gasteiger partial charge in [0.25, 0.3) is 5.91 Å². The maximum atomic E-state index is 11.7. The Morgan fingerprint density at radius 3 is 2.62 bits per heavy atom. The van der Waals surface area contributed by atoms with Crippen molar-refractivity contribution in [1.29, 1.82) is 0 Å². The van der Waals surface area contributed by atoms with Crippen molar-refractivity contribution in [3.05, 3.63) is 65.2 Å². The first-order valence-electron chi connectivity index (χ1n) is 6.43. The number of carbonyl (C=O) groups excluding carboxylic acids is 1. The Kier molecular flexibility index (Phi) is 4.68. The summed E-state index contributed by atoms with van der Waals surface area (Å²) in [4.78, 5) is 11.7. The van der Waals surface area contributed by atoms with Crippen molar-refractivity contribution in [2.45, 2.75) is 13.0 Å². The Morgan fingerprint density at radius 2 is 1.95 bits per heavy atom. The van der Waals surface area contributed by atoms with E-state index in [1.54, 1.807) is 42.5 Å². The molecule has 3 N–H and O–H groups in total. The van der Waals surface area contributed by atoms with Crippen LogP contribution in [0.5, 0.6) is 5.75 Å². The van der Waals surface area contributed by atoms with Crippen LogP contribution in [0.25, 0.3) is 0 Å². The largest absolute Gasteiger partial charge is 0.507 e. The van der Waals surface area contributed by atoms with E-state index in [0.29, 0.717) is 11.1 Å². The van der Waals surface area contributed by atoms with Gasteiger partial charge < -0.3 is 10.2 Å². The van der Waals surface area contributed by atoms with Crippen molar-refractivity contribution in [3.63, 3.8) is 0 Å². The van der Waals surface area contributed by atoms with Gasteiger partial charge in [0.15, 0.2) is 6.10 Å². The minimum absolute atomic E-state index is 0.0802. The molecular formula is C16H16N2O3. The summed E-state index contributed by atoms with van der Waals surface area (Å²) in [6.07, 6.45) is 0.0414. The third-order valence-corrected chi connectivity index (χ3v) is 2.93. The van der Waals surface area contributed by atoms with Gasteiger partial charge in [-0.1, -0.05) is 36.4 Å². The Bertz CT molecular complexity index is 654. The second-order valence-electron chi connectivity index (χ2n) is 4.61. The smallest absolute Gasteiger partial charge is 0.273 e. The lowest BCUT2D eigenvalue weighted by Crippen LogP contribution is -2.25. The molecule has 2 aromatic rings. The molecule has 108 valence electrons. The maximum Gasteiger partial charge on any atom is 0.273 e. The van der Waals surface area contributed by atoms with Crippen LogP contribution in [0.1, 0.15) is 22.8 Å². The highest BCUT2D eigenvalue weighted by Crippen LogP contribution is 2.16. The van der Waals surface area contributed by atoms with Gasteiger partial charge in [-0.05, 0) is 30.2 Å². The molecule has 0 aliphatic carbocycles. The molecule has 1 unspecified atom stereocenters. The van der Waals surface area contributed by atoms with E-state index in [9.17, 15) is 15.0 Å². The number of nitrogens with zero attached hydrogens (tertiary/aromatic N) is 1. The number of benzene rings is 2. The lowest BCUT2D eigenvalue weighted by Gasteiger charge is -2.08. The van der Waals surface area contributed by atoms with Gasteiger partial charge >= 0.3 is 0 Å². The summed E-state index contributed by atoms with van der Waals surface area (Å²) in [6.45, 7) is 1.86. The van der Waals surface area contributed by atoms with E-state index in [-0.39, 0.29) is 5.75 Å². The van der Waals surface area contributed by atoms with Gasteiger partial charge in [0, 0.05) is 5.56 Å². The van der Waals surface area contributed by atoms with Gasteiger partial charge in [0.1, 0.15) is 5.75 Å². The van der Waals surface area contributed by atoms with E-state index >= 15 is 0 Å². The van der Waals surface area contributed by atoms with E-state index in [4.69, 9.17) is 0 Å². The molecule has 0 radical (unpaired) electrons. The predicted molar refractivity (Wildman–Crippen MR) is 80.0 cm³/mol. The van der Waals surface area contributed by atoms with Crippen molar-refractivity contribution in [2.24, 2.45) is 5.10 Å². The molecule has 0 bridgehead atoms. The third-order valence-electron chi connectivity index (χ3n) is 2.93. The number of hydrogen-bond donors (Lipinski definition) is 3. The number of aromatic hydroxyl groups is 1. The number of nitrogens with one attached hydrogen (secondary N) is 1. The van der Waals surface area contributed by atoms with E-state index in [1.165, 1.54) is 6.21 Å². The van der Waals surface area contributed by atoms with Crippen LogP contribution in [0.2, 0.25) is 0 Å². The number of aryl methyl sites for hydroxylation is 1. The van der Waals surface area contributed by atoms with E-state index in [2.05, 4.69) is 10.5 Å². The van der Waals surface area contributed by atoms with E-state index in [0.717, 1.165) is 5.56 Å². The summed E-state index contributed by atoms with van der Waals surface area (Å²) in [7, 11) is 0. The van der Waals surface area contributed by atoms with E-state index in [1.807, 2.05) is 13.0 Å². The van der Waals surface area contributed by atoms with Crippen LogP contribution in [0.3, 0.4) is 0 Å². The standard InChI is InChI=1S/C16H16N2O3/c1-11-7-8-13(14(19)9-11)10-17-18-16(21)15(20)12-5-3-2-4-6-12/h2-10,15,19-20H,1H3,(H,18,21). The number of aliphatic hydroxyl groups is 1. The molecule has 1 atom stereocenters. The molecule has 0 saturated carbocycles. The molecule has 5 nitrogen and oxygen atoms in total. The number of rotatable bonds is 4. The molecule has 21 heavy (non-hydrogen) atoms. The van der Waals surface area contributed by atoms with Gasteiger partial charge in [0.2, 0.25) is 0 Å². The van der Waals surface area contributed by atoms with Crippen molar-refractivity contribution in [3.8, 4) is 5.75 Å². The zero-order chi connectivity index (χ0) is 15.2. The second kappa shape index (κ2) is 6.67. The average Bonchev–Trinajstić information content (AvgIpc) is 2.49. The Balaban J connectivity index is 1.99. The van der Waals surface area contributed by atoms with Crippen molar-refractivity contribution >= 4 is 12.1 Å². The lowest BCUT2D eigenvalue weighted by atomic mass is 10.1. The summed E-state index contributed by atoms with van der Waals surface area (Å²) in [6, 6.07) is 13.7. The number of hydrogen-bond acceptors (Lipinski definition) is 4. The van der Waals surface area contributed by atoms with Crippen LogP contribution in [0.15, 0.2) is 53.6 Å². The maximum absolute atomic E-state index is 11.7. The zero-order valence-corrected chi connectivity index (χ0v) is 11.5. The minimum Gasteiger partial charge on any atom is -0.507 e. The molecule has 1 amide bonds. The molecule has 5 heteroatoms. The quantitative estimate of drug-likeness (QED) is 0.592. The summed E-state index contributed by atoms with van der Waals surface area (Å²) in [5, 5.41) is 23.3. The van der Waals surface area contributed by atoms with Gasteiger partial charge in [-0.25, -0.2) is 5.43 Å². The van der Waals surface area contributed by atoms with Gasteiger partial charge in [0.05, 0.1) is 6.21 Å². The number of hydrazone groups is 1. The SMILES string of the molecule is Cc1ccc(C=NNC(=O)C(O)c2ccccc2)c(O)c1. The highest BCUT2D eigenvalue weighted by atomic mass is 16.3. The first-order valence-corrected chi connectivity index (χ1v) is 6.43. The Hall–Kier alpha value is -2.66. The van der Waals surface area contributed by atoms with Crippen LogP contribution in [-0.4, -0.2) is 22.3 Å². The molecule has 0 heterocycles. The summed E-state index contributed by atoms with van der Waals surface area (Å²) in [5.41, 5.74) is 4.14. The average molecular weight is 284 g/mol. The topological polar surface area (TPSA) is 81.9 Å². The minimum atomic E-state index is -1.28. The summed E-state index contributed by atoms with van der Waals surface area (Å²) >= 11 is 0. The van der Waals surface area contributed by atoms with Crippen LogP contribution in [-0.2, 0) is 4.79 Å².